The van der Waals surface area contributed by atoms with Gasteiger partial charge in [0.2, 0.25) is 0 Å². The maximum atomic E-state index is 13.1. The molecule has 1 aromatic carbocycles. The van der Waals surface area contributed by atoms with E-state index in [4.69, 9.17) is 5.73 Å². The van der Waals surface area contributed by atoms with Gasteiger partial charge in [0.05, 0.1) is 5.56 Å². The van der Waals surface area contributed by atoms with Gasteiger partial charge in [-0.05, 0) is 37.6 Å². The summed E-state index contributed by atoms with van der Waals surface area (Å²) in [4.78, 5) is 0.134. The first-order valence-corrected chi connectivity index (χ1v) is 7.41. The molecule has 0 spiro atoms. The van der Waals surface area contributed by atoms with Crippen LogP contribution in [-0.2, 0) is 12.6 Å². The van der Waals surface area contributed by atoms with Crippen molar-refractivity contribution in [1.29, 1.82) is 0 Å². The first-order chi connectivity index (χ1) is 9.40. The summed E-state index contributed by atoms with van der Waals surface area (Å²) in [5.74, 6) is 0. The topological polar surface area (TPSA) is 51.8 Å². The Balaban J connectivity index is 2.36. The number of nitrogens with two attached hydrogens (primary N) is 1. The summed E-state index contributed by atoms with van der Waals surface area (Å²) in [6.07, 6.45) is -3.97. The standard InChI is InChI=1S/C12H12F3N3S2/c1-7-17-18-11(19-7)20-10-3-2-8(4-5-16)6-9(10)12(13,14)15/h2-3,6H,4-5,16H2,1H3. The van der Waals surface area contributed by atoms with E-state index < -0.39 is 11.7 Å². The normalized spacial score (nSPS) is 11.8. The van der Waals surface area contributed by atoms with Crippen LogP contribution in [-0.4, -0.2) is 16.7 Å². The van der Waals surface area contributed by atoms with Crippen LogP contribution in [0, 0.1) is 6.92 Å². The molecule has 0 aliphatic carbocycles. The van der Waals surface area contributed by atoms with E-state index >= 15 is 0 Å². The van der Waals surface area contributed by atoms with Crippen LogP contribution in [0.4, 0.5) is 13.2 Å². The third-order valence-corrected chi connectivity index (χ3v) is 4.45. The van der Waals surface area contributed by atoms with E-state index in [0.29, 0.717) is 22.9 Å². The predicted octanol–water partition coefficient (Wildman–Crippen LogP) is 3.52. The maximum Gasteiger partial charge on any atom is 0.417 e. The van der Waals surface area contributed by atoms with Gasteiger partial charge in [-0.15, -0.1) is 10.2 Å². The van der Waals surface area contributed by atoms with E-state index in [1.54, 1.807) is 13.0 Å². The molecule has 0 fully saturated rings. The molecule has 20 heavy (non-hydrogen) atoms. The fraction of sp³-hybridized carbons (Fsp3) is 0.333. The van der Waals surface area contributed by atoms with Crippen LogP contribution in [0.5, 0.6) is 0 Å². The number of nitrogens with zero attached hydrogens (tertiary/aromatic N) is 2. The van der Waals surface area contributed by atoms with E-state index in [0.717, 1.165) is 22.8 Å². The van der Waals surface area contributed by atoms with E-state index in [1.807, 2.05) is 0 Å². The molecule has 108 valence electrons. The van der Waals surface area contributed by atoms with Crippen molar-refractivity contribution in [3.05, 3.63) is 34.3 Å². The summed E-state index contributed by atoms with van der Waals surface area (Å²) in [7, 11) is 0. The number of halogens is 3. The third-order valence-electron chi connectivity index (χ3n) is 2.49. The lowest BCUT2D eigenvalue weighted by Gasteiger charge is -2.13. The smallest absolute Gasteiger partial charge is 0.330 e. The summed E-state index contributed by atoms with van der Waals surface area (Å²) in [6, 6.07) is 4.29. The predicted molar refractivity (Wildman–Crippen MR) is 73.0 cm³/mol. The highest BCUT2D eigenvalue weighted by Gasteiger charge is 2.34. The molecule has 8 heteroatoms. The Bertz CT molecular complexity index is 596. The van der Waals surface area contributed by atoms with Crippen LogP contribution in [0.3, 0.4) is 0 Å². The van der Waals surface area contributed by atoms with Crippen molar-refractivity contribution < 1.29 is 13.2 Å². The average molecular weight is 319 g/mol. The number of aromatic nitrogens is 2. The van der Waals surface area contributed by atoms with Crippen LogP contribution in [0.1, 0.15) is 16.1 Å². The van der Waals surface area contributed by atoms with E-state index in [1.165, 1.54) is 17.4 Å². The van der Waals surface area contributed by atoms with E-state index in [-0.39, 0.29) is 4.90 Å². The minimum absolute atomic E-state index is 0.134. The summed E-state index contributed by atoms with van der Waals surface area (Å²) in [6.45, 7) is 2.08. The van der Waals surface area contributed by atoms with Gasteiger partial charge in [-0.3, -0.25) is 0 Å². The minimum Gasteiger partial charge on any atom is -0.330 e. The fourth-order valence-electron chi connectivity index (χ4n) is 1.62. The Morgan fingerprint density at radius 1 is 1.30 bits per heavy atom. The Labute approximate surface area is 122 Å². The second kappa shape index (κ2) is 6.11. The molecule has 0 radical (unpaired) electrons. The quantitative estimate of drug-likeness (QED) is 0.937. The van der Waals surface area contributed by atoms with Crippen LogP contribution in [0.15, 0.2) is 27.4 Å². The molecular weight excluding hydrogens is 307 g/mol. The molecule has 0 aliphatic heterocycles. The van der Waals surface area contributed by atoms with Gasteiger partial charge in [-0.25, -0.2) is 0 Å². The second-order valence-electron chi connectivity index (χ2n) is 4.06. The van der Waals surface area contributed by atoms with Crippen molar-refractivity contribution in [2.75, 3.05) is 6.54 Å². The van der Waals surface area contributed by atoms with Crippen LogP contribution >= 0.6 is 23.1 Å². The largest absolute Gasteiger partial charge is 0.417 e. The van der Waals surface area contributed by atoms with Gasteiger partial charge in [-0.2, -0.15) is 13.2 Å². The molecule has 3 nitrogen and oxygen atoms in total. The van der Waals surface area contributed by atoms with Crippen molar-refractivity contribution in [2.45, 2.75) is 28.8 Å². The number of benzene rings is 1. The lowest BCUT2D eigenvalue weighted by atomic mass is 10.1. The Kier molecular flexibility index (Phi) is 4.66. The van der Waals surface area contributed by atoms with Crippen molar-refractivity contribution >= 4 is 23.1 Å². The van der Waals surface area contributed by atoms with E-state index in [2.05, 4.69) is 10.2 Å². The van der Waals surface area contributed by atoms with E-state index in [9.17, 15) is 13.2 Å². The van der Waals surface area contributed by atoms with Crippen molar-refractivity contribution in [1.82, 2.24) is 10.2 Å². The van der Waals surface area contributed by atoms with Gasteiger partial charge in [0.1, 0.15) is 5.01 Å². The molecule has 1 heterocycles. The SMILES string of the molecule is Cc1nnc(Sc2ccc(CCN)cc2C(F)(F)F)s1. The number of hydrogen-bond donors (Lipinski definition) is 1. The van der Waals surface area contributed by atoms with Gasteiger partial charge in [0.15, 0.2) is 4.34 Å². The van der Waals surface area contributed by atoms with Crippen LogP contribution < -0.4 is 5.73 Å². The van der Waals surface area contributed by atoms with Crippen LogP contribution in [0.25, 0.3) is 0 Å². The summed E-state index contributed by atoms with van der Waals surface area (Å²) < 4.78 is 39.8. The highest BCUT2D eigenvalue weighted by atomic mass is 32.2. The molecule has 1 aromatic heterocycles. The molecule has 0 atom stereocenters. The summed E-state index contributed by atoms with van der Waals surface area (Å²) in [5, 5.41) is 8.36. The molecule has 2 N–H and O–H groups in total. The van der Waals surface area contributed by atoms with Crippen molar-refractivity contribution in [3.63, 3.8) is 0 Å². The Morgan fingerprint density at radius 2 is 2.05 bits per heavy atom. The van der Waals surface area contributed by atoms with Gasteiger partial charge in [0, 0.05) is 4.90 Å². The second-order valence-corrected chi connectivity index (χ2v) is 6.53. The number of hydrogen-bond acceptors (Lipinski definition) is 5. The minimum atomic E-state index is -4.40. The maximum absolute atomic E-state index is 13.1. The lowest BCUT2D eigenvalue weighted by molar-refractivity contribution is -0.139. The molecule has 0 amide bonds. The first kappa shape index (κ1) is 15.3. The number of alkyl halides is 3. The summed E-state index contributed by atoms with van der Waals surface area (Å²) >= 11 is 2.25. The third kappa shape index (κ3) is 3.71. The molecule has 2 aromatic rings. The zero-order valence-corrected chi connectivity index (χ0v) is 12.2. The number of rotatable bonds is 4. The highest BCUT2D eigenvalue weighted by Crippen LogP contribution is 2.40. The monoisotopic (exact) mass is 319 g/mol. The van der Waals surface area contributed by atoms with Gasteiger partial charge < -0.3 is 5.73 Å². The lowest BCUT2D eigenvalue weighted by Crippen LogP contribution is -2.09. The zero-order chi connectivity index (χ0) is 14.8. The molecule has 0 saturated carbocycles. The number of aryl methyl sites for hydroxylation is 1. The van der Waals surface area contributed by atoms with Crippen molar-refractivity contribution in [3.8, 4) is 0 Å². The molecule has 0 saturated heterocycles. The first-order valence-electron chi connectivity index (χ1n) is 5.78. The van der Waals surface area contributed by atoms with Gasteiger partial charge in [0.25, 0.3) is 0 Å². The van der Waals surface area contributed by atoms with Crippen LogP contribution in [0.2, 0.25) is 0 Å². The Morgan fingerprint density at radius 3 is 2.60 bits per heavy atom. The molecule has 0 aliphatic rings. The average Bonchev–Trinajstić information content (AvgIpc) is 2.76. The highest BCUT2D eigenvalue weighted by molar-refractivity contribution is 8.01. The fourth-order valence-corrected chi connectivity index (χ4v) is 3.53. The van der Waals surface area contributed by atoms with Crippen molar-refractivity contribution in [2.24, 2.45) is 5.73 Å². The summed E-state index contributed by atoms with van der Waals surface area (Å²) in [5.41, 5.74) is 5.31. The molecule has 0 unspecified atom stereocenters. The van der Waals surface area contributed by atoms with Gasteiger partial charge in [-0.1, -0.05) is 29.2 Å². The Hall–Kier alpha value is -1.12. The molecule has 2 rings (SSSR count). The zero-order valence-electron chi connectivity index (χ0n) is 10.6. The molecular formula is C12H12F3N3S2. The molecule has 0 bridgehead atoms. The van der Waals surface area contributed by atoms with Gasteiger partial charge >= 0.3 is 6.18 Å².